The summed E-state index contributed by atoms with van der Waals surface area (Å²) >= 11 is 6.03. The van der Waals surface area contributed by atoms with Gasteiger partial charge in [0.1, 0.15) is 0 Å². The zero-order chi connectivity index (χ0) is 17.1. The van der Waals surface area contributed by atoms with E-state index in [0.717, 1.165) is 18.7 Å². The zero-order valence-corrected chi connectivity index (χ0v) is 14.1. The highest BCUT2D eigenvalue weighted by molar-refractivity contribution is 6.34. The van der Waals surface area contributed by atoms with Crippen molar-refractivity contribution in [1.82, 2.24) is 4.90 Å². The molecule has 0 saturated carbocycles. The number of carbonyl (C=O) groups excluding carboxylic acids is 2. The van der Waals surface area contributed by atoms with Gasteiger partial charge in [-0.15, -0.1) is 0 Å². The number of nitrogens with one attached hydrogen (secondary N) is 1. The molecule has 1 heterocycles. The molecule has 0 aliphatic carbocycles. The first-order chi connectivity index (χ1) is 11.6. The van der Waals surface area contributed by atoms with Crippen LogP contribution >= 0.6 is 11.6 Å². The second-order valence-corrected chi connectivity index (χ2v) is 6.10. The Morgan fingerprint density at radius 3 is 2.50 bits per heavy atom. The molecule has 1 aliphatic rings. The van der Waals surface area contributed by atoms with Gasteiger partial charge in [0.15, 0.2) is 0 Å². The van der Waals surface area contributed by atoms with E-state index in [9.17, 15) is 9.59 Å². The summed E-state index contributed by atoms with van der Waals surface area (Å²) in [5, 5.41) is 3.22. The molecule has 6 heteroatoms. The second-order valence-electron chi connectivity index (χ2n) is 5.69. The Bertz CT molecular complexity index is 761. The van der Waals surface area contributed by atoms with Crippen LogP contribution in [0.5, 0.6) is 0 Å². The lowest BCUT2D eigenvalue weighted by atomic mass is 10.2. The average molecular weight is 344 g/mol. The third kappa shape index (κ3) is 3.36. The monoisotopic (exact) mass is 343 g/mol. The molecule has 0 spiro atoms. The topological polar surface area (TPSA) is 52.6 Å². The quantitative estimate of drug-likeness (QED) is 0.920. The van der Waals surface area contributed by atoms with Gasteiger partial charge < -0.3 is 10.2 Å². The summed E-state index contributed by atoms with van der Waals surface area (Å²) < 4.78 is 0. The fraction of sp³-hybridized carbons (Fsp3) is 0.222. The molecule has 1 saturated heterocycles. The number of nitrogens with zero attached hydrogens (tertiary/aromatic N) is 2. The van der Waals surface area contributed by atoms with Crippen molar-refractivity contribution >= 4 is 34.9 Å². The summed E-state index contributed by atoms with van der Waals surface area (Å²) in [5.74, 6) is -0.262. The van der Waals surface area contributed by atoms with Crippen molar-refractivity contribution in [1.29, 1.82) is 0 Å². The summed E-state index contributed by atoms with van der Waals surface area (Å²) in [5.41, 5.74) is 1.90. The Morgan fingerprint density at radius 2 is 1.79 bits per heavy atom. The minimum atomic E-state index is -0.262. The number of hydrogen-bond acceptors (Lipinski definition) is 2. The highest BCUT2D eigenvalue weighted by Crippen LogP contribution is 2.23. The van der Waals surface area contributed by atoms with Crippen molar-refractivity contribution in [3.8, 4) is 0 Å². The molecule has 0 aromatic heterocycles. The third-order valence-corrected chi connectivity index (χ3v) is 4.32. The van der Waals surface area contributed by atoms with Crippen LogP contribution in [0, 0.1) is 0 Å². The molecule has 1 N–H and O–H groups in total. The van der Waals surface area contributed by atoms with Crippen LogP contribution in [0.3, 0.4) is 0 Å². The van der Waals surface area contributed by atoms with E-state index in [0.29, 0.717) is 22.8 Å². The standard InChI is InChI=1S/C18H18ClN3O2/c1-21-11-4-12-22(18(21)24)14-9-7-13(8-10-14)20-17(23)15-5-2-3-6-16(15)19/h2-3,5-10H,4,11-12H2,1H3,(H,20,23). The van der Waals surface area contributed by atoms with E-state index in [4.69, 9.17) is 11.6 Å². The van der Waals surface area contributed by atoms with Crippen molar-refractivity contribution in [3.05, 3.63) is 59.1 Å². The molecule has 1 fully saturated rings. The molecular formula is C18H18ClN3O2. The van der Waals surface area contributed by atoms with Gasteiger partial charge in [0.25, 0.3) is 5.91 Å². The number of urea groups is 1. The number of hydrogen-bond donors (Lipinski definition) is 1. The molecule has 124 valence electrons. The zero-order valence-electron chi connectivity index (χ0n) is 13.3. The van der Waals surface area contributed by atoms with Gasteiger partial charge in [-0.05, 0) is 42.8 Å². The fourth-order valence-electron chi connectivity index (χ4n) is 2.67. The molecule has 24 heavy (non-hydrogen) atoms. The molecule has 0 atom stereocenters. The van der Waals surface area contributed by atoms with Crippen LogP contribution in [-0.2, 0) is 0 Å². The van der Waals surface area contributed by atoms with Crippen molar-refractivity contribution in [2.75, 3.05) is 30.4 Å². The number of benzene rings is 2. The Balaban J connectivity index is 1.72. The van der Waals surface area contributed by atoms with Crippen molar-refractivity contribution in [2.24, 2.45) is 0 Å². The molecule has 0 radical (unpaired) electrons. The van der Waals surface area contributed by atoms with Gasteiger partial charge in [0.2, 0.25) is 0 Å². The Morgan fingerprint density at radius 1 is 1.08 bits per heavy atom. The van der Waals surface area contributed by atoms with Crippen LogP contribution < -0.4 is 10.2 Å². The first-order valence-corrected chi connectivity index (χ1v) is 8.12. The lowest BCUT2D eigenvalue weighted by Gasteiger charge is -2.33. The summed E-state index contributed by atoms with van der Waals surface area (Å²) in [6.07, 6.45) is 0.938. The van der Waals surface area contributed by atoms with Crippen LogP contribution in [0.1, 0.15) is 16.8 Å². The molecule has 0 bridgehead atoms. The van der Waals surface area contributed by atoms with Crippen molar-refractivity contribution in [3.63, 3.8) is 0 Å². The fourth-order valence-corrected chi connectivity index (χ4v) is 2.89. The Labute approximate surface area is 145 Å². The van der Waals surface area contributed by atoms with E-state index in [1.54, 1.807) is 53.2 Å². The summed E-state index contributed by atoms with van der Waals surface area (Å²) in [6.45, 7) is 1.48. The Kier molecular flexibility index (Phi) is 4.71. The summed E-state index contributed by atoms with van der Waals surface area (Å²) in [4.78, 5) is 27.9. The normalized spacial score (nSPS) is 14.7. The van der Waals surface area contributed by atoms with Crippen molar-refractivity contribution in [2.45, 2.75) is 6.42 Å². The van der Waals surface area contributed by atoms with E-state index in [2.05, 4.69) is 5.32 Å². The number of amides is 3. The molecule has 3 amide bonds. The molecule has 3 rings (SSSR count). The van der Waals surface area contributed by atoms with E-state index in [1.165, 1.54) is 0 Å². The number of carbonyl (C=O) groups is 2. The molecule has 1 aliphatic heterocycles. The molecule has 2 aromatic carbocycles. The lowest BCUT2D eigenvalue weighted by molar-refractivity contribution is 0.102. The van der Waals surface area contributed by atoms with Crippen LogP contribution in [0.2, 0.25) is 5.02 Å². The van der Waals surface area contributed by atoms with E-state index >= 15 is 0 Å². The predicted octanol–water partition coefficient (Wildman–Crippen LogP) is 3.85. The van der Waals surface area contributed by atoms with Crippen molar-refractivity contribution < 1.29 is 9.59 Å². The Hall–Kier alpha value is -2.53. The minimum Gasteiger partial charge on any atom is -0.327 e. The highest BCUT2D eigenvalue weighted by Gasteiger charge is 2.23. The number of halogens is 1. The maximum Gasteiger partial charge on any atom is 0.324 e. The SMILES string of the molecule is CN1CCCN(c2ccc(NC(=O)c3ccccc3Cl)cc2)C1=O. The van der Waals surface area contributed by atoms with Gasteiger partial charge in [0.05, 0.1) is 10.6 Å². The highest BCUT2D eigenvalue weighted by atomic mass is 35.5. The minimum absolute atomic E-state index is 0.00546. The molecule has 0 unspecified atom stereocenters. The summed E-state index contributed by atoms with van der Waals surface area (Å²) in [6, 6.07) is 14.1. The molecule has 5 nitrogen and oxygen atoms in total. The second kappa shape index (κ2) is 6.93. The molecule has 2 aromatic rings. The van der Waals surface area contributed by atoms with Gasteiger partial charge >= 0.3 is 6.03 Å². The predicted molar refractivity (Wildman–Crippen MR) is 95.8 cm³/mol. The van der Waals surface area contributed by atoms with E-state index < -0.39 is 0 Å². The van der Waals surface area contributed by atoms with Crippen LogP contribution in [0.15, 0.2) is 48.5 Å². The maximum absolute atomic E-state index is 12.2. The third-order valence-electron chi connectivity index (χ3n) is 3.99. The maximum atomic E-state index is 12.2. The number of rotatable bonds is 3. The van der Waals surface area contributed by atoms with Crippen LogP contribution in [0.25, 0.3) is 0 Å². The smallest absolute Gasteiger partial charge is 0.324 e. The van der Waals surface area contributed by atoms with Crippen LogP contribution in [0.4, 0.5) is 16.2 Å². The van der Waals surface area contributed by atoms with Gasteiger partial charge in [0, 0.05) is 31.5 Å². The van der Waals surface area contributed by atoms with Gasteiger partial charge in [-0.25, -0.2) is 4.79 Å². The summed E-state index contributed by atoms with van der Waals surface area (Å²) in [7, 11) is 1.80. The van der Waals surface area contributed by atoms with Crippen LogP contribution in [-0.4, -0.2) is 37.0 Å². The van der Waals surface area contributed by atoms with E-state index in [1.807, 2.05) is 12.1 Å². The number of anilines is 2. The van der Waals surface area contributed by atoms with Gasteiger partial charge in [-0.1, -0.05) is 23.7 Å². The first-order valence-electron chi connectivity index (χ1n) is 7.75. The van der Waals surface area contributed by atoms with Gasteiger partial charge in [-0.3, -0.25) is 9.69 Å². The van der Waals surface area contributed by atoms with E-state index in [-0.39, 0.29) is 11.9 Å². The van der Waals surface area contributed by atoms with Gasteiger partial charge in [-0.2, -0.15) is 0 Å². The molecular weight excluding hydrogens is 326 g/mol. The average Bonchev–Trinajstić information content (AvgIpc) is 2.58. The largest absolute Gasteiger partial charge is 0.327 e. The lowest BCUT2D eigenvalue weighted by Crippen LogP contribution is -2.47. The first kappa shape index (κ1) is 16.3.